The number of rotatable bonds is 16. The van der Waals surface area contributed by atoms with E-state index in [1.54, 1.807) is 40.8 Å². The zero-order valence-corrected chi connectivity index (χ0v) is 78.1. The summed E-state index contributed by atoms with van der Waals surface area (Å²) in [6.07, 6.45) is 11.6. The molecule has 0 saturated heterocycles. The molecule has 0 aliphatic carbocycles. The minimum atomic E-state index is -0.547. The van der Waals surface area contributed by atoms with E-state index >= 15 is 0 Å². The molecule has 0 spiro atoms. The minimum absolute atomic E-state index is 0.0560. The van der Waals surface area contributed by atoms with Crippen molar-refractivity contribution in [3.05, 3.63) is 214 Å². The number of benzene rings is 3. The summed E-state index contributed by atoms with van der Waals surface area (Å²) in [5, 5.41) is 35.9. The molecule has 0 fully saturated rings. The second kappa shape index (κ2) is 40.1. The molecule has 3 aromatic carbocycles. The van der Waals surface area contributed by atoms with E-state index in [2.05, 4.69) is 167 Å². The average molecular weight is 1790 g/mol. The number of nitrogens with two attached hydrogens (primary N) is 1. The van der Waals surface area contributed by atoms with Gasteiger partial charge in [0, 0.05) is 128 Å². The highest BCUT2D eigenvalue weighted by molar-refractivity contribution is 7.14. The molecule has 664 valence electrons. The van der Waals surface area contributed by atoms with E-state index in [1.807, 2.05) is 143 Å². The van der Waals surface area contributed by atoms with Gasteiger partial charge in [-0.2, -0.15) is 15.3 Å². The predicted molar refractivity (Wildman–Crippen MR) is 494 cm³/mol. The van der Waals surface area contributed by atoms with Crippen LogP contribution in [0.2, 0.25) is 5.15 Å². The highest BCUT2D eigenvalue weighted by atomic mass is 35.5. The van der Waals surface area contributed by atoms with Crippen LogP contribution in [0, 0.1) is 20.8 Å². The standard InChI is InChI=1S/C32H40N8O3S.C27H32N8OS.C20H21ClN4OS.C12H20N4O2/c1-20-13-21(9-10-22(20)16-33-28(41)25-17-34-29(44-25)31(2,3)4)24-15-26(36-19-35-24)37-27-14-23-18-39(11-8-12-40(23)38-27)30(42)43-32(5,6)7;1-17-10-18(6-7-19(17)13-29-25(36)22-15-30-26(37-22)27(2,3)4)21-12-23(32-16-31-21)33-24-11-20-14-28-8-5-9-35(20)34-24;1-12-7-13(15-8-17(21)25-11-24-15)5-6-14(12)9-22-18(26)16-10-23-19(27-16)20(2,3)4;1-12(2,3)18-11(17)15-5-4-6-16-9(8-15)7-10(13)14-16/h9-10,13-15,17,19H,8,11-12,16,18H2,1-7H3,(H,33,41)(H,35,36,37,38);6-7,10-12,15-16,28H,5,8-9,13-14H2,1-4H3,(H,29,36)(H,31,32,33,34);5-8,10-11H,9H2,1-4H3,(H,22,26);7H,4-6,8H2,1-3H3,(H2,13,14). The van der Waals surface area contributed by atoms with Crippen LogP contribution in [0.15, 0.2) is 129 Å². The summed E-state index contributed by atoms with van der Waals surface area (Å²) in [5.41, 5.74) is 19.0. The second-order valence-corrected chi connectivity index (χ2v) is 39.7. The Hall–Kier alpha value is -12.0. The zero-order valence-electron chi connectivity index (χ0n) is 74.9. The van der Waals surface area contributed by atoms with Gasteiger partial charge in [0.25, 0.3) is 17.7 Å². The summed E-state index contributed by atoms with van der Waals surface area (Å²) in [4.78, 5) is 107. The van der Waals surface area contributed by atoms with Crippen LogP contribution < -0.4 is 37.6 Å². The normalized spacial score (nSPS) is 13.5. The summed E-state index contributed by atoms with van der Waals surface area (Å²) in [7, 11) is 0. The Morgan fingerprint density at radius 2 is 0.794 bits per heavy atom. The number of aromatic nitrogens is 15. The number of halogens is 1. The maximum atomic E-state index is 12.7. The van der Waals surface area contributed by atoms with E-state index in [-0.39, 0.29) is 46.2 Å². The van der Waals surface area contributed by atoms with Crippen LogP contribution in [0.5, 0.6) is 0 Å². The van der Waals surface area contributed by atoms with E-state index < -0.39 is 11.2 Å². The lowest BCUT2D eigenvalue weighted by atomic mass is 9.98. The fraction of sp³-hybridized carbons (Fsp3) is 0.418. The average Bonchev–Trinajstić information content (AvgIpc) is 1.51. The van der Waals surface area contributed by atoms with Crippen molar-refractivity contribution in [3.8, 4) is 33.8 Å². The Kier molecular flexibility index (Phi) is 29.7. The van der Waals surface area contributed by atoms with Crippen molar-refractivity contribution in [1.29, 1.82) is 0 Å². The number of nitrogens with one attached hydrogen (secondary N) is 6. The van der Waals surface area contributed by atoms with E-state index in [0.29, 0.717) is 95.4 Å². The van der Waals surface area contributed by atoms with Crippen LogP contribution in [0.4, 0.5) is 38.7 Å². The molecule has 0 atom stereocenters. The van der Waals surface area contributed by atoms with Crippen LogP contribution in [0.3, 0.4) is 0 Å². The monoisotopic (exact) mass is 1780 g/mol. The number of hydrogen-bond donors (Lipinski definition) is 7. The molecule has 12 heterocycles. The fourth-order valence-corrected chi connectivity index (χ4v) is 16.3. The minimum Gasteiger partial charge on any atom is -0.444 e. The van der Waals surface area contributed by atoms with Gasteiger partial charge in [0.2, 0.25) is 0 Å². The van der Waals surface area contributed by atoms with Crippen molar-refractivity contribution >= 4 is 105 Å². The van der Waals surface area contributed by atoms with Gasteiger partial charge in [-0.15, -0.1) is 34.0 Å². The molecular weight excluding hydrogens is 1670 g/mol. The van der Waals surface area contributed by atoms with E-state index in [1.165, 1.54) is 46.7 Å². The SMILES string of the molecule is CC(C)(C)OC(=O)N1CCCn2nc(N)cc2C1.Cc1cc(-c2cc(Cl)ncn2)ccc1CNC(=O)c1cnc(C(C)(C)C)s1.Cc1cc(-c2cc(Nc3cc4n(n3)CCCN(C(=O)OC(C)(C)C)C4)ncn2)ccc1CNC(=O)c1cnc(C(C)(C)C)s1.Cc1cc(-c2cc(Nc3cc4n(n3)CCCNC4)ncn2)ccc1CNC(=O)c1cnc(C(C)(C)C)s1. The molecule has 3 aliphatic rings. The van der Waals surface area contributed by atoms with Crippen molar-refractivity contribution in [2.75, 3.05) is 36.0 Å². The molecule has 126 heavy (non-hydrogen) atoms. The molecule has 31 nitrogen and oxygen atoms in total. The highest BCUT2D eigenvalue weighted by Gasteiger charge is 2.30. The van der Waals surface area contributed by atoms with Crippen LogP contribution >= 0.6 is 45.6 Å². The number of ether oxygens (including phenoxy) is 2. The lowest BCUT2D eigenvalue weighted by Gasteiger charge is -2.26. The molecule has 9 aromatic heterocycles. The Morgan fingerprint density at radius 3 is 1.17 bits per heavy atom. The number of nitrogen functional groups attached to an aromatic ring is 1. The first-order valence-electron chi connectivity index (χ1n) is 41.9. The number of carbonyl (C=O) groups is 5. The number of carbonyl (C=O) groups excluding carboxylic acids is 5. The summed E-state index contributed by atoms with van der Waals surface area (Å²) in [6.45, 7) is 43.9. The molecule has 3 aliphatic heterocycles. The van der Waals surface area contributed by atoms with Crippen LogP contribution in [0.1, 0.15) is 218 Å². The van der Waals surface area contributed by atoms with Gasteiger partial charge < -0.3 is 56.9 Å². The molecule has 8 N–H and O–H groups in total. The molecule has 0 saturated carbocycles. The van der Waals surface area contributed by atoms with Crippen molar-refractivity contribution in [2.24, 2.45) is 0 Å². The number of aryl methyl sites for hydroxylation is 6. The third kappa shape index (κ3) is 25.9. The van der Waals surface area contributed by atoms with Gasteiger partial charge in [0.15, 0.2) is 11.6 Å². The third-order valence-corrected chi connectivity index (χ3v) is 24.5. The first-order chi connectivity index (χ1) is 59.6. The maximum absolute atomic E-state index is 12.7. The van der Waals surface area contributed by atoms with Gasteiger partial charge in [-0.25, -0.2) is 54.4 Å². The zero-order chi connectivity index (χ0) is 90.6. The molecule has 0 radical (unpaired) electrons. The number of fused-ring (bicyclic) bond motifs is 3. The number of amides is 5. The largest absolute Gasteiger partial charge is 0.444 e. The molecule has 5 amide bonds. The molecule has 0 bridgehead atoms. The van der Waals surface area contributed by atoms with Gasteiger partial charge in [-0.05, 0) is 140 Å². The number of thiazole rings is 3. The molecule has 12 aromatic rings. The summed E-state index contributed by atoms with van der Waals surface area (Å²) < 4.78 is 16.8. The number of anilines is 5. The van der Waals surface area contributed by atoms with Gasteiger partial charge in [0.1, 0.15) is 67.4 Å². The van der Waals surface area contributed by atoms with Gasteiger partial charge in [0.05, 0.1) is 80.9 Å². The van der Waals surface area contributed by atoms with Crippen LogP contribution in [-0.2, 0) is 84.6 Å². The lowest BCUT2D eigenvalue weighted by molar-refractivity contribution is 0.0226. The second-order valence-electron chi connectivity index (χ2n) is 36.2. The summed E-state index contributed by atoms with van der Waals surface area (Å²) in [6, 6.07) is 29.5. The molecule has 35 heteroatoms. The quantitative estimate of drug-likeness (QED) is 0.0442. The van der Waals surface area contributed by atoms with E-state index in [9.17, 15) is 24.0 Å². The van der Waals surface area contributed by atoms with Gasteiger partial charge >= 0.3 is 12.2 Å². The first kappa shape index (κ1) is 93.2. The lowest BCUT2D eigenvalue weighted by Crippen LogP contribution is -2.36. The van der Waals surface area contributed by atoms with Crippen molar-refractivity contribution < 1.29 is 33.4 Å². The molecule has 0 unspecified atom stereocenters. The fourth-order valence-electron chi connectivity index (χ4n) is 13.4. The van der Waals surface area contributed by atoms with E-state index in [0.717, 1.165) is 151 Å². The van der Waals surface area contributed by atoms with Crippen molar-refractivity contribution in [3.63, 3.8) is 0 Å². The maximum Gasteiger partial charge on any atom is 0.410 e. The Balaban J connectivity index is 0.000000160. The van der Waals surface area contributed by atoms with Gasteiger partial charge in [-0.1, -0.05) is 110 Å². The third-order valence-electron chi connectivity index (χ3n) is 20.1. The Bertz CT molecular complexity index is 5830. The predicted octanol–water partition coefficient (Wildman–Crippen LogP) is 17.2. The summed E-state index contributed by atoms with van der Waals surface area (Å²) in [5.74, 6) is 2.90. The Morgan fingerprint density at radius 1 is 0.429 bits per heavy atom. The molecule has 15 rings (SSSR count). The van der Waals surface area contributed by atoms with Crippen LogP contribution in [-0.4, -0.2) is 145 Å². The van der Waals surface area contributed by atoms with Crippen LogP contribution in [0.25, 0.3) is 33.8 Å². The topological polar surface area (TPSA) is 378 Å². The highest BCUT2D eigenvalue weighted by Crippen LogP contribution is 2.33. The smallest absolute Gasteiger partial charge is 0.410 e. The van der Waals surface area contributed by atoms with Gasteiger partial charge in [-0.3, -0.25) is 28.4 Å². The number of hydrogen-bond acceptors (Lipinski definition) is 26. The Labute approximate surface area is 752 Å². The first-order valence-corrected chi connectivity index (χ1v) is 44.7. The molecular formula is C91H113ClN24O7S3. The van der Waals surface area contributed by atoms with Crippen molar-refractivity contribution in [1.82, 2.24) is 105 Å². The summed E-state index contributed by atoms with van der Waals surface area (Å²) >= 11 is 10.2. The van der Waals surface area contributed by atoms with Crippen molar-refractivity contribution in [2.45, 2.75) is 230 Å². The number of nitrogens with zero attached hydrogens (tertiary/aromatic N) is 17. The van der Waals surface area contributed by atoms with E-state index in [4.69, 9.17) is 31.9 Å².